The maximum atomic E-state index is 5.73. The Bertz CT molecular complexity index is 476. The summed E-state index contributed by atoms with van der Waals surface area (Å²) in [7, 11) is 0. The lowest BCUT2D eigenvalue weighted by Gasteiger charge is -2.02. The van der Waals surface area contributed by atoms with E-state index in [2.05, 4.69) is 42.4 Å². The molecule has 0 atom stereocenters. The Morgan fingerprint density at radius 1 is 1.27 bits per heavy atom. The second-order valence-electron chi connectivity index (χ2n) is 3.56. The molecule has 0 aliphatic rings. The first-order chi connectivity index (χ1) is 7.20. The molecule has 0 fully saturated rings. The number of hydrogen-bond donors (Lipinski definition) is 0. The first-order valence-corrected chi connectivity index (χ1v) is 6.20. The predicted molar refractivity (Wildman–Crippen MR) is 66.6 cm³/mol. The fourth-order valence-electron chi connectivity index (χ4n) is 1.41. The number of aryl methyl sites for hydroxylation is 2. The van der Waals surface area contributed by atoms with Crippen molar-refractivity contribution in [3.8, 4) is 11.3 Å². The molecule has 1 aromatic heterocycles. The second kappa shape index (κ2) is 4.33. The summed E-state index contributed by atoms with van der Waals surface area (Å²) in [6, 6.07) is 6.40. The Kier molecular flexibility index (Phi) is 3.08. The zero-order chi connectivity index (χ0) is 10.8. The van der Waals surface area contributed by atoms with Crippen LogP contribution in [0.4, 0.5) is 0 Å². The molecule has 78 valence electrons. The number of hydrogen-bond acceptors (Lipinski definition) is 2. The Morgan fingerprint density at radius 3 is 2.67 bits per heavy atom. The van der Waals surface area contributed by atoms with Crippen LogP contribution in [-0.4, -0.2) is 4.98 Å². The standard InChI is InChI=1S/C12H12ClNS/c1-8-3-4-10(5-9(8)2)11-7-15-12(6-13)14-11/h3-5,7H,6H2,1-2H3. The molecule has 0 saturated carbocycles. The van der Waals surface area contributed by atoms with Crippen molar-refractivity contribution in [3.05, 3.63) is 39.7 Å². The van der Waals surface area contributed by atoms with Gasteiger partial charge in [0.05, 0.1) is 11.6 Å². The highest BCUT2D eigenvalue weighted by Crippen LogP contribution is 2.24. The van der Waals surface area contributed by atoms with Crippen molar-refractivity contribution < 1.29 is 0 Å². The van der Waals surface area contributed by atoms with Crippen LogP contribution in [0, 0.1) is 13.8 Å². The van der Waals surface area contributed by atoms with Crippen molar-refractivity contribution in [1.29, 1.82) is 0 Å². The van der Waals surface area contributed by atoms with Gasteiger partial charge in [-0.2, -0.15) is 0 Å². The molecular formula is C12H12ClNS. The lowest BCUT2D eigenvalue weighted by molar-refractivity contribution is 1.25. The zero-order valence-corrected chi connectivity index (χ0v) is 10.3. The van der Waals surface area contributed by atoms with E-state index in [1.54, 1.807) is 11.3 Å². The van der Waals surface area contributed by atoms with Crippen LogP contribution < -0.4 is 0 Å². The summed E-state index contributed by atoms with van der Waals surface area (Å²) in [6.07, 6.45) is 0. The average molecular weight is 238 g/mol. The first kappa shape index (κ1) is 10.7. The number of rotatable bonds is 2. The fourth-order valence-corrected chi connectivity index (χ4v) is 2.30. The van der Waals surface area contributed by atoms with Crippen LogP contribution >= 0.6 is 22.9 Å². The van der Waals surface area contributed by atoms with Gasteiger partial charge in [0.2, 0.25) is 0 Å². The van der Waals surface area contributed by atoms with Gasteiger partial charge in [-0.1, -0.05) is 12.1 Å². The molecule has 15 heavy (non-hydrogen) atoms. The molecule has 0 radical (unpaired) electrons. The van der Waals surface area contributed by atoms with Crippen LogP contribution in [0.1, 0.15) is 16.1 Å². The molecule has 0 unspecified atom stereocenters. The van der Waals surface area contributed by atoms with E-state index in [1.165, 1.54) is 16.7 Å². The number of alkyl halides is 1. The molecule has 0 N–H and O–H groups in total. The molecule has 3 heteroatoms. The van der Waals surface area contributed by atoms with Crippen molar-refractivity contribution in [1.82, 2.24) is 4.98 Å². The third kappa shape index (κ3) is 2.21. The Labute approximate surface area is 98.7 Å². The average Bonchev–Trinajstić information content (AvgIpc) is 2.70. The third-order valence-corrected chi connectivity index (χ3v) is 3.73. The normalized spacial score (nSPS) is 10.6. The third-order valence-electron chi connectivity index (χ3n) is 2.47. The highest BCUT2D eigenvalue weighted by atomic mass is 35.5. The van der Waals surface area contributed by atoms with Gasteiger partial charge in [-0.05, 0) is 31.0 Å². The van der Waals surface area contributed by atoms with Gasteiger partial charge in [0, 0.05) is 10.9 Å². The minimum Gasteiger partial charge on any atom is -0.240 e. The lowest BCUT2D eigenvalue weighted by Crippen LogP contribution is -1.84. The Hall–Kier alpha value is -0.860. The molecule has 1 aromatic carbocycles. The fraction of sp³-hybridized carbons (Fsp3) is 0.250. The number of thiazole rings is 1. The molecule has 2 rings (SSSR count). The van der Waals surface area contributed by atoms with E-state index >= 15 is 0 Å². The van der Waals surface area contributed by atoms with Gasteiger partial charge in [-0.3, -0.25) is 0 Å². The van der Waals surface area contributed by atoms with Crippen LogP contribution in [0.5, 0.6) is 0 Å². The van der Waals surface area contributed by atoms with Gasteiger partial charge < -0.3 is 0 Å². The van der Waals surface area contributed by atoms with Crippen molar-refractivity contribution in [2.45, 2.75) is 19.7 Å². The van der Waals surface area contributed by atoms with Crippen LogP contribution in [-0.2, 0) is 5.88 Å². The molecule has 0 bridgehead atoms. The van der Waals surface area contributed by atoms with E-state index in [1.807, 2.05) is 0 Å². The lowest BCUT2D eigenvalue weighted by atomic mass is 10.1. The Morgan fingerprint density at radius 2 is 2.07 bits per heavy atom. The monoisotopic (exact) mass is 237 g/mol. The topological polar surface area (TPSA) is 12.9 Å². The number of nitrogens with zero attached hydrogens (tertiary/aromatic N) is 1. The molecule has 0 aliphatic carbocycles. The summed E-state index contributed by atoms with van der Waals surface area (Å²) in [4.78, 5) is 4.46. The molecule has 0 spiro atoms. The van der Waals surface area contributed by atoms with E-state index in [-0.39, 0.29) is 0 Å². The minimum atomic E-state index is 0.496. The SMILES string of the molecule is Cc1ccc(-c2csc(CCl)n2)cc1C. The zero-order valence-electron chi connectivity index (χ0n) is 8.75. The maximum Gasteiger partial charge on any atom is 0.108 e. The summed E-state index contributed by atoms with van der Waals surface area (Å²) in [5.41, 5.74) is 4.81. The highest BCUT2D eigenvalue weighted by molar-refractivity contribution is 7.10. The van der Waals surface area contributed by atoms with Crippen molar-refractivity contribution in [2.75, 3.05) is 0 Å². The number of halogens is 1. The van der Waals surface area contributed by atoms with Crippen LogP contribution in [0.15, 0.2) is 23.6 Å². The van der Waals surface area contributed by atoms with Crippen molar-refractivity contribution in [2.24, 2.45) is 0 Å². The Balaban J connectivity index is 2.40. The van der Waals surface area contributed by atoms with Crippen LogP contribution in [0.25, 0.3) is 11.3 Å². The minimum absolute atomic E-state index is 0.496. The van der Waals surface area contributed by atoms with Gasteiger partial charge in [-0.25, -0.2) is 4.98 Å². The molecule has 0 saturated heterocycles. The van der Waals surface area contributed by atoms with E-state index in [4.69, 9.17) is 11.6 Å². The molecule has 1 nitrogen and oxygen atoms in total. The number of aromatic nitrogens is 1. The van der Waals surface area contributed by atoms with Gasteiger partial charge in [0.25, 0.3) is 0 Å². The molecule has 1 heterocycles. The van der Waals surface area contributed by atoms with Gasteiger partial charge in [-0.15, -0.1) is 22.9 Å². The smallest absolute Gasteiger partial charge is 0.108 e. The first-order valence-electron chi connectivity index (χ1n) is 4.78. The van der Waals surface area contributed by atoms with Crippen LogP contribution in [0.3, 0.4) is 0 Å². The predicted octanol–water partition coefficient (Wildman–Crippen LogP) is 4.17. The van der Waals surface area contributed by atoms with Crippen molar-refractivity contribution >= 4 is 22.9 Å². The second-order valence-corrected chi connectivity index (χ2v) is 4.77. The van der Waals surface area contributed by atoms with E-state index < -0.39 is 0 Å². The van der Waals surface area contributed by atoms with E-state index in [0.717, 1.165) is 10.7 Å². The highest BCUT2D eigenvalue weighted by Gasteiger charge is 2.04. The van der Waals surface area contributed by atoms with Gasteiger partial charge in [0.1, 0.15) is 5.01 Å². The molecular weight excluding hydrogens is 226 g/mol. The maximum absolute atomic E-state index is 5.73. The van der Waals surface area contributed by atoms with E-state index in [0.29, 0.717) is 5.88 Å². The molecule has 0 amide bonds. The summed E-state index contributed by atoms with van der Waals surface area (Å²) >= 11 is 7.34. The summed E-state index contributed by atoms with van der Waals surface area (Å²) in [5, 5.41) is 3.03. The largest absolute Gasteiger partial charge is 0.240 e. The summed E-state index contributed by atoms with van der Waals surface area (Å²) in [5.74, 6) is 0.496. The summed E-state index contributed by atoms with van der Waals surface area (Å²) < 4.78 is 0. The molecule has 2 aromatic rings. The van der Waals surface area contributed by atoms with Crippen molar-refractivity contribution in [3.63, 3.8) is 0 Å². The quantitative estimate of drug-likeness (QED) is 0.715. The van der Waals surface area contributed by atoms with E-state index in [9.17, 15) is 0 Å². The molecule has 0 aliphatic heterocycles. The number of benzene rings is 1. The van der Waals surface area contributed by atoms with Gasteiger partial charge in [0.15, 0.2) is 0 Å². The summed E-state index contributed by atoms with van der Waals surface area (Å²) in [6.45, 7) is 4.23. The van der Waals surface area contributed by atoms with Gasteiger partial charge >= 0.3 is 0 Å². The van der Waals surface area contributed by atoms with Crippen LogP contribution in [0.2, 0.25) is 0 Å².